The Bertz CT molecular complexity index is 1190. The van der Waals surface area contributed by atoms with Gasteiger partial charge in [-0.3, -0.25) is 9.59 Å². The maximum Gasteiger partial charge on any atom is 0.451 e. The van der Waals surface area contributed by atoms with Crippen molar-refractivity contribution in [2.75, 3.05) is 29.9 Å². The lowest BCUT2D eigenvalue weighted by molar-refractivity contribution is -0.144. The molecule has 1 amide bonds. The van der Waals surface area contributed by atoms with Crippen molar-refractivity contribution in [3.63, 3.8) is 0 Å². The quantitative estimate of drug-likeness (QED) is 0.544. The van der Waals surface area contributed by atoms with Crippen molar-refractivity contribution < 1.29 is 22.8 Å². The fourth-order valence-electron chi connectivity index (χ4n) is 5.09. The third-order valence-electron chi connectivity index (χ3n) is 7.15. The van der Waals surface area contributed by atoms with Crippen LogP contribution < -0.4 is 10.2 Å². The van der Waals surface area contributed by atoms with Crippen LogP contribution >= 0.6 is 0 Å². The number of aromatic nitrogens is 2. The number of carbonyl (C=O) groups is 2. The van der Waals surface area contributed by atoms with E-state index in [1.807, 2.05) is 12.1 Å². The highest BCUT2D eigenvalue weighted by atomic mass is 19.4. The summed E-state index contributed by atoms with van der Waals surface area (Å²) in [4.78, 5) is 35.6. The van der Waals surface area contributed by atoms with Crippen LogP contribution in [0.1, 0.15) is 62.4 Å². The zero-order valence-electron chi connectivity index (χ0n) is 21.3. The average molecular weight is 529 g/mol. The summed E-state index contributed by atoms with van der Waals surface area (Å²) in [7, 11) is 0. The number of nitrogens with zero attached hydrogens (tertiary/aromatic N) is 5. The Morgan fingerprint density at radius 3 is 2.45 bits per heavy atom. The van der Waals surface area contributed by atoms with Gasteiger partial charge in [0.1, 0.15) is 11.6 Å². The topological polar surface area (TPSA) is 102 Å². The molecule has 0 saturated carbocycles. The van der Waals surface area contributed by atoms with Crippen LogP contribution in [0.25, 0.3) is 0 Å². The number of piperidine rings is 1. The first-order valence-corrected chi connectivity index (χ1v) is 12.9. The van der Waals surface area contributed by atoms with Crippen molar-refractivity contribution in [1.29, 1.82) is 5.26 Å². The number of hydrogen-bond donors (Lipinski definition) is 1. The SMILES string of the molecule is CC(=O)N1CCC(Nc2cc(N3CCC[C@H]3C(=O)CCCc3ccc(C#N)cc3)nc(C(F)(F)F)n2)CC1. The molecule has 1 aromatic heterocycles. The zero-order valence-corrected chi connectivity index (χ0v) is 21.3. The van der Waals surface area contributed by atoms with Gasteiger partial charge in [-0.2, -0.15) is 18.4 Å². The maximum absolute atomic E-state index is 13.7. The minimum Gasteiger partial charge on any atom is -0.367 e. The Morgan fingerprint density at radius 2 is 1.82 bits per heavy atom. The van der Waals surface area contributed by atoms with Gasteiger partial charge in [-0.1, -0.05) is 12.1 Å². The molecular weight excluding hydrogens is 497 g/mol. The molecule has 8 nitrogen and oxygen atoms in total. The van der Waals surface area contributed by atoms with E-state index in [2.05, 4.69) is 21.4 Å². The highest BCUT2D eigenvalue weighted by Crippen LogP contribution is 2.33. The summed E-state index contributed by atoms with van der Waals surface area (Å²) < 4.78 is 41.1. The second-order valence-corrected chi connectivity index (χ2v) is 9.84. The number of alkyl halides is 3. The van der Waals surface area contributed by atoms with E-state index in [9.17, 15) is 22.8 Å². The van der Waals surface area contributed by atoms with E-state index in [0.29, 0.717) is 70.1 Å². The van der Waals surface area contributed by atoms with Gasteiger partial charge in [0.25, 0.3) is 0 Å². The number of ketones is 1. The van der Waals surface area contributed by atoms with Gasteiger partial charge in [-0.15, -0.1) is 0 Å². The minimum atomic E-state index is -4.73. The number of likely N-dealkylation sites (tertiary alicyclic amines) is 1. The Labute approximate surface area is 219 Å². The molecule has 2 saturated heterocycles. The van der Waals surface area contributed by atoms with Gasteiger partial charge in [0.05, 0.1) is 17.7 Å². The first-order chi connectivity index (χ1) is 18.1. The first kappa shape index (κ1) is 27.4. The molecule has 38 heavy (non-hydrogen) atoms. The summed E-state index contributed by atoms with van der Waals surface area (Å²) in [6, 6.07) is 10.1. The largest absolute Gasteiger partial charge is 0.451 e. The highest BCUT2D eigenvalue weighted by Gasteiger charge is 2.38. The van der Waals surface area contributed by atoms with Crippen LogP contribution in [0.5, 0.6) is 0 Å². The number of nitrogens with one attached hydrogen (secondary N) is 1. The Morgan fingerprint density at radius 1 is 1.11 bits per heavy atom. The van der Waals surface area contributed by atoms with Crippen LogP contribution in [-0.2, 0) is 22.2 Å². The molecule has 0 spiro atoms. The summed E-state index contributed by atoms with van der Waals surface area (Å²) in [6.45, 7) is 3.00. The molecule has 1 atom stereocenters. The van der Waals surface area contributed by atoms with E-state index in [0.717, 1.165) is 5.56 Å². The Kier molecular flexibility index (Phi) is 8.49. The van der Waals surface area contributed by atoms with Crippen LogP contribution in [0.3, 0.4) is 0 Å². The molecule has 202 valence electrons. The number of halogens is 3. The second kappa shape index (κ2) is 11.8. The summed E-state index contributed by atoms with van der Waals surface area (Å²) in [5.41, 5.74) is 1.60. The monoisotopic (exact) mass is 528 g/mol. The van der Waals surface area contributed by atoms with Gasteiger partial charge in [0.2, 0.25) is 11.7 Å². The molecule has 0 aliphatic carbocycles. The van der Waals surface area contributed by atoms with Crippen LogP contribution in [0.4, 0.5) is 24.8 Å². The molecule has 2 aliphatic rings. The lowest BCUT2D eigenvalue weighted by Crippen LogP contribution is -2.41. The van der Waals surface area contributed by atoms with Crippen molar-refractivity contribution in [3.8, 4) is 6.07 Å². The molecule has 0 bridgehead atoms. The van der Waals surface area contributed by atoms with Crippen LogP contribution in [-0.4, -0.2) is 58.3 Å². The standard InChI is InChI=1S/C27H31F3N6O2/c1-18(37)35-14-11-21(12-15-35)32-24-16-25(34-26(33-24)27(28,29)30)36-13-3-5-22(36)23(38)6-2-4-19-7-9-20(17-31)10-8-19/h7-10,16,21-22H,2-6,11-15H2,1H3,(H,32,33,34)/t22-/m0/s1. The molecule has 2 aromatic rings. The van der Waals surface area contributed by atoms with E-state index in [4.69, 9.17) is 5.26 Å². The van der Waals surface area contributed by atoms with Crippen molar-refractivity contribution in [1.82, 2.24) is 14.9 Å². The number of amides is 1. The van der Waals surface area contributed by atoms with E-state index < -0.39 is 18.0 Å². The molecule has 2 aliphatic heterocycles. The molecular formula is C27H31F3N6O2. The van der Waals surface area contributed by atoms with Gasteiger partial charge < -0.3 is 15.1 Å². The molecule has 0 radical (unpaired) electrons. The van der Waals surface area contributed by atoms with E-state index in [1.165, 1.54) is 13.0 Å². The fourth-order valence-corrected chi connectivity index (χ4v) is 5.09. The van der Waals surface area contributed by atoms with Crippen molar-refractivity contribution in [2.24, 2.45) is 0 Å². The fraction of sp³-hybridized carbons (Fsp3) is 0.519. The summed E-state index contributed by atoms with van der Waals surface area (Å²) in [5, 5.41) is 12.0. The normalized spacial score (nSPS) is 18.3. The smallest absolute Gasteiger partial charge is 0.367 e. The number of Topliss-reactive ketones (excluding diaryl/α,β-unsaturated/α-hetero) is 1. The molecule has 4 rings (SSSR count). The van der Waals surface area contributed by atoms with E-state index in [1.54, 1.807) is 21.9 Å². The number of hydrogen-bond acceptors (Lipinski definition) is 7. The molecule has 1 N–H and O–H groups in total. The number of aryl methyl sites for hydroxylation is 1. The van der Waals surface area contributed by atoms with E-state index >= 15 is 0 Å². The van der Waals surface area contributed by atoms with Gasteiger partial charge in [0.15, 0.2) is 5.78 Å². The molecule has 0 unspecified atom stereocenters. The summed E-state index contributed by atoms with van der Waals surface area (Å²) in [5.74, 6) is -1.11. The van der Waals surface area contributed by atoms with Gasteiger partial charge in [-0.05, 0) is 56.2 Å². The van der Waals surface area contributed by atoms with Crippen molar-refractivity contribution >= 4 is 23.3 Å². The lowest BCUT2D eigenvalue weighted by atomic mass is 10.0. The minimum absolute atomic E-state index is 0.0190. The maximum atomic E-state index is 13.7. The molecule has 3 heterocycles. The number of benzene rings is 1. The third-order valence-corrected chi connectivity index (χ3v) is 7.15. The average Bonchev–Trinajstić information content (AvgIpc) is 3.39. The molecule has 2 fully saturated rings. The van der Waals surface area contributed by atoms with Crippen LogP contribution in [0.2, 0.25) is 0 Å². The first-order valence-electron chi connectivity index (χ1n) is 12.9. The lowest BCUT2D eigenvalue weighted by Gasteiger charge is -2.32. The zero-order chi connectivity index (χ0) is 27.3. The Balaban J connectivity index is 1.44. The number of rotatable bonds is 8. The predicted octanol–water partition coefficient (Wildman–Crippen LogP) is 4.35. The van der Waals surface area contributed by atoms with Gasteiger partial charge in [-0.25, -0.2) is 9.97 Å². The van der Waals surface area contributed by atoms with Gasteiger partial charge in [0, 0.05) is 45.1 Å². The second-order valence-electron chi connectivity index (χ2n) is 9.84. The van der Waals surface area contributed by atoms with Crippen LogP contribution in [0.15, 0.2) is 30.3 Å². The molecule has 1 aromatic carbocycles. The number of carbonyl (C=O) groups excluding carboxylic acids is 2. The van der Waals surface area contributed by atoms with Crippen LogP contribution in [0, 0.1) is 11.3 Å². The van der Waals surface area contributed by atoms with Gasteiger partial charge >= 0.3 is 6.18 Å². The third kappa shape index (κ3) is 6.79. The predicted molar refractivity (Wildman–Crippen MR) is 135 cm³/mol. The number of nitriles is 1. The highest BCUT2D eigenvalue weighted by molar-refractivity contribution is 5.87. The number of anilines is 2. The Hall–Kier alpha value is -3.68. The molecule has 11 heteroatoms. The van der Waals surface area contributed by atoms with E-state index in [-0.39, 0.29) is 29.4 Å². The van der Waals surface area contributed by atoms with Crippen molar-refractivity contribution in [3.05, 3.63) is 47.3 Å². The summed E-state index contributed by atoms with van der Waals surface area (Å²) >= 11 is 0. The summed E-state index contributed by atoms with van der Waals surface area (Å²) in [6.07, 6.45) is -0.695. The van der Waals surface area contributed by atoms with Crippen molar-refractivity contribution in [2.45, 2.75) is 70.1 Å².